The first-order valence-corrected chi connectivity index (χ1v) is 9.95. The van der Waals surface area contributed by atoms with Crippen LogP contribution in [0.15, 0.2) is 41.3 Å². The Morgan fingerprint density at radius 3 is 2.21 bits per heavy atom. The van der Waals surface area contributed by atoms with Crippen molar-refractivity contribution in [2.24, 2.45) is 0 Å². The van der Waals surface area contributed by atoms with E-state index in [0.29, 0.717) is 18.8 Å². The van der Waals surface area contributed by atoms with Crippen LogP contribution in [-0.2, 0) is 20.9 Å². The Hall–Kier alpha value is -2.52. The third kappa shape index (κ3) is 9.43. The molecule has 1 heterocycles. The van der Waals surface area contributed by atoms with Crippen LogP contribution in [0.5, 0.6) is 0 Å². The average Bonchev–Trinajstić information content (AvgIpc) is 2.68. The SMILES string of the molecule is CCOC(=O)N1CCN(Cc2cccc(SC)c2)CC1.O=C([O-])C=CC(=O)[O-]. The monoisotopic (exact) mass is 408 g/mol. The second-order valence-corrected chi connectivity index (χ2v) is 6.66. The van der Waals surface area contributed by atoms with Crippen molar-refractivity contribution in [2.45, 2.75) is 18.4 Å². The van der Waals surface area contributed by atoms with Crippen molar-refractivity contribution in [2.75, 3.05) is 39.0 Å². The summed E-state index contributed by atoms with van der Waals surface area (Å²) in [4.78, 5) is 35.9. The molecule has 0 saturated carbocycles. The van der Waals surface area contributed by atoms with Crippen LogP contribution in [0, 0.1) is 0 Å². The highest BCUT2D eigenvalue weighted by Crippen LogP contribution is 2.17. The van der Waals surface area contributed by atoms with Gasteiger partial charge in [-0.15, -0.1) is 11.8 Å². The van der Waals surface area contributed by atoms with Crippen LogP contribution in [-0.4, -0.2) is 66.9 Å². The van der Waals surface area contributed by atoms with Gasteiger partial charge in [-0.1, -0.05) is 12.1 Å². The fraction of sp³-hybridized carbons (Fsp3) is 0.421. The second kappa shape index (κ2) is 12.8. The van der Waals surface area contributed by atoms with Crippen molar-refractivity contribution in [1.29, 1.82) is 0 Å². The van der Waals surface area contributed by atoms with E-state index in [2.05, 4.69) is 35.4 Å². The van der Waals surface area contributed by atoms with Gasteiger partial charge in [0.2, 0.25) is 0 Å². The number of rotatable bonds is 6. The van der Waals surface area contributed by atoms with Gasteiger partial charge in [0.05, 0.1) is 18.5 Å². The van der Waals surface area contributed by atoms with E-state index in [1.807, 2.05) is 6.92 Å². The largest absolute Gasteiger partial charge is 0.545 e. The summed E-state index contributed by atoms with van der Waals surface area (Å²) >= 11 is 1.77. The normalized spacial score (nSPS) is 14.3. The summed E-state index contributed by atoms with van der Waals surface area (Å²) in [5.74, 6) is -3.09. The zero-order valence-corrected chi connectivity index (χ0v) is 16.8. The highest BCUT2D eigenvalue weighted by molar-refractivity contribution is 7.98. The summed E-state index contributed by atoms with van der Waals surface area (Å²) < 4.78 is 5.03. The number of amides is 1. The smallest absolute Gasteiger partial charge is 0.409 e. The van der Waals surface area contributed by atoms with Gasteiger partial charge in [0, 0.05) is 37.6 Å². The Morgan fingerprint density at radius 2 is 1.71 bits per heavy atom. The molecule has 1 aliphatic heterocycles. The minimum absolute atomic E-state index is 0.184. The van der Waals surface area contributed by atoms with Crippen molar-refractivity contribution < 1.29 is 29.3 Å². The number of piperazine rings is 1. The number of carbonyl (C=O) groups is 3. The molecule has 1 aliphatic rings. The maximum Gasteiger partial charge on any atom is 0.409 e. The lowest BCUT2D eigenvalue weighted by atomic mass is 10.2. The topological polar surface area (TPSA) is 113 Å². The van der Waals surface area contributed by atoms with Gasteiger partial charge in [0.25, 0.3) is 0 Å². The van der Waals surface area contributed by atoms with Crippen molar-refractivity contribution in [1.82, 2.24) is 9.80 Å². The van der Waals surface area contributed by atoms with Gasteiger partial charge in [-0.3, -0.25) is 4.90 Å². The number of hydrogen-bond donors (Lipinski definition) is 0. The predicted molar refractivity (Wildman–Crippen MR) is 101 cm³/mol. The molecular formula is C19H24N2O6S-2. The molecule has 1 saturated heterocycles. The molecule has 1 amide bonds. The molecule has 0 N–H and O–H groups in total. The number of carboxylic acid groups (broad SMARTS) is 2. The van der Waals surface area contributed by atoms with Crippen molar-refractivity contribution in [3.63, 3.8) is 0 Å². The molecule has 154 valence electrons. The lowest BCUT2D eigenvalue weighted by Gasteiger charge is -2.34. The fourth-order valence-corrected chi connectivity index (χ4v) is 2.95. The number of carbonyl (C=O) groups excluding carboxylic acids is 3. The molecule has 0 atom stereocenters. The standard InChI is InChI=1S/C15H22N2O2S.C4H4O4/c1-3-19-15(18)17-9-7-16(8-10-17)12-13-5-4-6-14(11-13)20-2;5-3(6)1-2-4(7)8/h4-6,11H,3,7-10,12H2,1-2H3;1-2H,(H,5,6)(H,7,8)/p-2. The van der Waals surface area contributed by atoms with E-state index < -0.39 is 11.9 Å². The molecule has 9 heteroatoms. The van der Waals surface area contributed by atoms with Crippen LogP contribution in [0.2, 0.25) is 0 Å². The molecule has 0 bridgehead atoms. The summed E-state index contributed by atoms with van der Waals surface area (Å²) in [6.45, 7) is 6.55. The van der Waals surface area contributed by atoms with E-state index in [0.717, 1.165) is 32.7 Å². The quantitative estimate of drug-likeness (QED) is 0.467. The number of ether oxygens (including phenoxy) is 1. The van der Waals surface area contributed by atoms with Gasteiger partial charge in [-0.25, -0.2) is 4.79 Å². The Bertz CT molecular complexity index is 671. The molecular weight excluding hydrogens is 384 g/mol. The van der Waals surface area contributed by atoms with E-state index in [1.54, 1.807) is 16.7 Å². The lowest BCUT2D eigenvalue weighted by Crippen LogP contribution is -2.48. The van der Waals surface area contributed by atoms with Crippen LogP contribution in [0.25, 0.3) is 0 Å². The number of carboxylic acids is 2. The third-order valence-electron chi connectivity index (χ3n) is 3.79. The highest BCUT2D eigenvalue weighted by Gasteiger charge is 2.21. The van der Waals surface area contributed by atoms with Gasteiger partial charge < -0.3 is 29.4 Å². The number of nitrogens with zero attached hydrogens (tertiary/aromatic N) is 2. The molecule has 0 unspecified atom stereocenters. The first kappa shape index (κ1) is 23.5. The summed E-state index contributed by atoms with van der Waals surface area (Å²) in [6, 6.07) is 8.64. The average molecular weight is 408 g/mol. The van der Waals surface area contributed by atoms with E-state index in [9.17, 15) is 24.6 Å². The zero-order valence-electron chi connectivity index (χ0n) is 16.0. The second-order valence-electron chi connectivity index (χ2n) is 5.79. The Morgan fingerprint density at radius 1 is 1.11 bits per heavy atom. The first-order valence-electron chi connectivity index (χ1n) is 8.72. The molecule has 28 heavy (non-hydrogen) atoms. The van der Waals surface area contributed by atoms with E-state index >= 15 is 0 Å². The van der Waals surface area contributed by atoms with Crippen LogP contribution in [0.1, 0.15) is 12.5 Å². The molecule has 0 radical (unpaired) electrons. The fourth-order valence-electron chi connectivity index (χ4n) is 2.47. The molecule has 2 rings (SSSR count). The van der Waals surface area contributed by atoms with Crippen LogP contribution < -0.4 is 10.2 Å². The molecule has 0 aliphatic carbocycles. The molecule has 1 aromatic rings. The van der Waals surface area contributed by atoms with Crippen molar-refractivity contribution in [3.8, 4) is 0 Å². The lowest BCUT2D eigenvalue weighted by molar-refractivity contribution is -0.301. The molecule has 1 aromatic carbocycles. The molecule has 1 fully saturated rings. The van der Waals surface area contributed by atoms with Gasteiger partial charge >= 0.3 is 6.09 Å². The number of hydrogen-bond acceptors (Lipinski definition) is 8. The van der Waals surface area contributed by atoms with Crippen LogP contribution in [0.3, 0.4) is 0 Å². The zero-order chi connectivity index (χ0) is 20.9. The van der Waals surface area contributed by atoms with Crippen LogP contribution >= 0.6 is 11.8 Å². The van der Waals surface area contributed by atoms with E-state index in [1.165, 1.54) is 10.5 Å². The number of benzene rings is 1. The Balaban J connectivity index is 0.000000416. The minimum atomic E-state index is -1.55. The Kier molecular flexibility index (Phi) is 10.7. The third-order valence-corrected chi connectivity index (χ3v) is 4.52. The van der Waals surface area contributed by atoms with Crippen molar-refractivity contribution >= 4 is 29.8 Å². The van der Waals surface area contributed by atoms with E-state index in [4.69, 9.17) is 4.74 Å². The maximum absolute atomic E-state index is 11.6. The Labute approximate surface area is 168 Å². The molecule has 0 aromatic heterocycles. The first-order chi connectivity index (χ1) is 13.3. The number of thioether (sulfide) groups is 1. The molecule has 8 nitrogen and oxygen atoms in total. The number of aliphatic carboxylic acids is 2. The van der Waals surface area contributed by atoms with Gasteiger partial charge in [0.15, 0.2) is 0 Å². The molecule has 0 spiro atoms. The maximum atomic E-state index is 11.6. The summed E-state index contributed by atoms with van der Waals surface area (Å²) in [5.41, 5.74) is 1.33. The summed E-state index contributed by atoms with van der Waals surface area (Å²) in [5, 5.41) is 18.8. The van der Waals surface area contributed by atoms with E-state index in [-0.39, 0.29) is 6.09 Å². The van der Waals surface area contributed by atoms with Crippen LogP contribution in [0.4, 0.5) is 4.79 Å². The van der Waals surface area contributed by atoms with Crippen molar-refractivity contribution in [3.05, 3.63) is 42.0 Å². The summed E-state index contributed by atoms with van der Waals surface area (Å²) in [6.07, 6.45) is 2.68. The van der Waals surface area contributed by atoms with Gasteiger partial charge in [-0.05, 0) is 43.0 Å². The highest BCUT2D eigenvalue weighted by atomic mass is 32.2. The summed E-state index contributed by atoms with van der Waals surface area (Å²) in [7, 11) is 0. The minimum Gasteiger partial charge on any atom is -0.545 e. The predicted octanol–water partition coefficient (Wildman–Crippen LogP) is -0.275. The van der Waals surface area contributed by atoms with Gasteiger partial charge in [-0.2, -0.15) is 0 Å². The van der Waals surface area contributed by atoms with Gasteiger partial charge in [0.1, 0.15) is 0 Å².